The molecule has 1 aromatic heterocycles. The molecule has 2 heteroatoms. The monoisotopic (exact) mass is 497 g/mol. The zero-order valence-corrected chi connectivity index (χ0v) is 15.0. The van der Waals surface area contributed by atoms with Crippen molar-refractivity contribution in [1.29, 1.82) is 0 Å². The number of fused-ring (bicyclic) bond motifs is 1. The zero-order chi connectivity index (χ0) is 13.7. The van der Waals surface area contributed by atoms with Crippen molar-refractivity contribution in [3.63, 3.8) is 0 Å². The topological polar surface area (TPSA) is 4.93 Å². The number of nitrogens with zero attached hydrogens (tertiary/aromatic N) is 1. The molecule has 0 aliphatic rings. The number of hydrogen-bond acceptors (Lipinski definition) is 0. The van der Waals surface area contributed by atoms with Crippen LogP contribution in [0.5, 0.6) is 0 Å². The van der Waals surface area contributed by atoms with Crippen molar-refractivity contribution in [2.45, 2.75) is 27.3 Å². The summed E-state index contributed by atoms with van der Waals surface area (Å²) in [6.07, 6.45) is 2.15. The third kappa shape index (κ3) is 3.05. The average molecular weight is 497 g/mol. The minimum Gasteiger partial charge on any atom is -0.345 e. The van der Waals surface area contributed by atoms with Crippen LogP contribution in [-0.2, 0) is 6.54 Å². The first kappa shape index (κ1) is 15.0. The van der Waals surface area contributed by atoms with Gasteiger partial charge in [-0.05, 0) is 30.5 Å². The molecule has 0 amide bonds. The maximum absolute atomic E-state index is 3.05. The van der Waals surface area contributed by atoms with Crippen molar-refractivity contribution in [1.82, 2.24) is 4.57 Å². The Morgan fingerprint density at radius 2 is 1.70 bits per heavy atom. The number of hydrogen-bond donors (Lipinski definition) is 0. The minimum atomic E-state index is 0. The van der Waals surface area contributed by atoms with E-state index in [1.807, 2.05) is 26.0 Å². The van der Waals surface area contributed by atoms with Gasteiger partial charge in [0.05, 0.1) is 0 Å². The standard InChI is InChI=1S/C16H14N.C2H6.Bk/c1-13-7-8-16-15(11-13)9-10-17(16)12-14-5-3-2-4-6-14;1-2;/h3-11H,12H2,1H3;1-2H3;/q-1;;. The normalized spacial score (nSPS) is 9.55. The fourth-order valence-electron chi connectivity index (χ4n) is 2.18. The Kier molecular flexibility index (Phi) is 5.11. The number of aromatic nitrogens is 1. The summed E-state index contributed by atoms with van der Waals surface area (Å²) in [5.41, 5.74) is 3.91. The van der Waals surface area contributed by atoms with Gasteiger partial charge < -0.3 is 4.57 Å². The Morgan fingerprint density at radius 3 is 2.40 bits per heavy atom. The van der Waals surface area contributed by atoms with Crippen LogP contribution in [0.1, 0.15) is 25.0 Å². The van der Waals surface area contributed by atoms with Gasteiger partial charge in [-0.2, -0.15) is 30.3 Å². The maximum atomic E-state index is 3.05. The van der Waals surface area contributed by atoms with Crippen molar-refractivity contribution in [3.05, 3.63) is 71.9 Å². The SMILES string of the molecule is CC.Cc1ccc2c(ccn2Cc2cc[c-]cc2)c1.[Bk]. The third-order valence-corrected chi connectivity index (χ3v) is 3.07. The first-order valence-electron chi connectivity index (χ1n) is 6.83. The van der Waals surface area contributed by atoms with E-state index in [2.05, 4.69) is 60.2 Å². The van der Waals surface area contributed by atoms with Crippen molar-refractivity contribution in [2.75, 3.05) is 0 Å². The molecule has 1 heterocycles. The Bertz CT molecular complexity index is 641. The average Bonchev–Trinajstić information content (AvgIpc) is 2.84. The summed E-state index contributed by atoms with van der Waals surface area (Å²) in [5.74, 6) is 0. The second kappa shape index (κ2) is 6.79. The van der Waals surface area contributed by atoms with Crippen LogP contribution in [0.3, 0.4) is 0 Å². The van der Waals surface area contributed by atoms with Gasteiger partial charge in [-0.15, -0.1) is 5.56 Å². The fraction of sp³-hybridized carbons (Fsp3) is 0.222. The van der Waals surface area contributed by atoms with E-state index in [4.69, 9.17) is 0 Å². The fourth-order valence-corrected chi connectivity index (χ4v) is 2.18. The van der Waals surface area contributed by atoms with Gasteiger partial charge in [-0.3, -0.25) is 0 Å². The maximum Gasteiger partial charge on any atom is 0.0482 e. The summed E-state index contributed by atoms with van der Waals surface area (Å²) in [6.45, 7) is 7.05. The van der Waals surface area contributed by atoms with Crippen LogP contribution < -0.4 is 0 Å². The molecule has 0 atom stereocenters. The Balaban J connectivity index is 0.000000639. The molecule has 0 bridgehead atoms. The molecule has 0 unspecified atom stereocenters. The third-order valence-electron chi connectivity index (χ3n) is 3.07. The molecule has 1 radical (unpaired) electrons. The number of rotatable bonds is 2. The van der Waals surface area contributed by atoms with Crippen LogP contribution in [0.2, 0.25) is 0 Å². The van der Waals surface area contributed by atoms with Gasteiger partial charge in [0.2, 0.25) is 0 Å². The number of benzene rings is 2. The van der Waals surface area contributed by atoms with Gasteiger partial charge in [0, 0.05) is 18.3 Å². The molecule has 20 heavy (non-hydrogen) atoms. The van der Waals surface area contributed by atoms with Crippen LogP contribution in [-0.4, -0.2) is 4.57 Å². The van der Waals surface area contributed by atoms with E-state index in [9.17, 15) is 0 Å². The van der Waals surface area contributed by atoms with Crippen LogP contribution in [0.25, 0.3) is 10.9 Å². The van der Waals surface area contributed by atoms with Crippen LogP contribution in [0, 0.1) is 13.0 Å². The summed E-state index contributed by atoms with van der Waals surface area (Å²) in [5, 5.41) is 1.31. The van der Waals surface area contributed by atoms with E-state index in [1.54, 1.807) is 0 Å². The molecule has 0 fully saturated rings. The van der Waals surface area contributed by atoms with E-state index >= 15 is 0 Å². The van der Waals surface area contributed by atoms with Crippen LogP contribution >= 0.6 is 0 Å². The van der Waals surface area contributed by atoms with Crippen molar-refractivity contribution in [2.24, 2.45) is 0 Å². The molecule has 0 saturated heterocycles. The Labute approximate surface area is 115 Å². The predicted octanol–water partition coefficient (Wildman–Crippen LogP) is 4.82. The van der Waals surface area contributed by atoms with Crippen LogP contribution in [0.4, 0.5) is 0 Å². The Hall–Kier alpha value is -3.02. The van der Waals surface area contributed by atoms with E-state index in [0.29, 0.717) is 0 Å². The van der Waals surface area contributed by atoms with Gasteiger partial charge in [0.25, 0.3) is 0 Å². The molecule has 0 aliphatic carbocycles. The van der Waals surface area contributed by atoms with E-state index in [0.717, 1.165) is 6.54 Å². The zero-order valence-electron chi connectivity index (χ0n) is 12.2. The van der Waals surface area contributed by atoms with Crippen molar-refractivity contribution in [3.8, 4) is 0 Å². The summed E-state index contributed by atoms with van der Waals surface area (Å²) in [4.78, 5) is 0. The summed E-state index contributed by atoms with van der Waals surface area (Å²) < 4.78 is 2.28. The second-order valence-electron chi connectivity index (χ2n) is 4.41. The van der Waals surface area contributed by atoms with E-state index in [-0.39, 0.29) is 0 Å². The molecule has 0 N–H and O–H groups in total. The molecule has 3 aromatic rings. The van der Waals surface area contributed by atoms with Gasteiger partial charge in [-0.1, -0.05) is 25.5 Å². The van der Waals surface area contributed by atoms with E-state index < -0.39 is 0 Å². The first-order chi connectivity index (χ1) is 9.33. The van der Waals surface area contributed by atoms with Crippen LogP contribution in [0.15, 0.2) is 54.7 Å². The van der Waals surface area contributed by atoms with Gasteiger partial charge in [0.15, 0.2) is 0 Å². The first-order valence-corrected chi connectivity index (χ1v) is 6.83. The quantitative estimate of drug-likeness (QED) is 0.448. The number of aryl methyl sites for hydroxylation is 1. The molecule has 1 nitrogen and oxygen atoms in total. The molecule has 0 saturated carbocycles. The smallest absolute Gasteiger partial charge is 0.0482 e. The largest absolute Gasteiger partial charge is 0.345 e. The summed E-state index contributed by atoms with van der Waals surface area (Å²) in [6, 6.07) is 20.0. The molecule has 107 valence electrons. The Morgan fingerprint density at radius 1 is 1.00 bits per heavy atom. The molecule has 2 aromatic carbocycles. The summed E-state index contributed by atoms with van der Waals surface area (Å²) in [7, 11) is 0. The van der Waals surface area contributed by atoms with E-state index in [1.165, 1.54) is 22.0 Å². The molecule has 3 rings (SSSR count). The molecular weight excluding hydrogens is 477 g/mol. The molecule has 0 spiro atoms. The minimum absolute atomic E-state index is 0. The molecule has 0 aliphatic heterocycles. The summed E-state index contributed by atoms with van der Waals surface area (Å²) >= 11 is 0. The van der Waals surface area contributed by atoms with Gasteiger partial charge in [0.1, 0.15) is 0 Å². The predicted molar refractivity (Wildman–Crippen MR) is 82.4 cm³/mol. The van der Waals surface area contributed by atoms with Gasteiger partial charge >= 0.3 is 0 Å². The van der Waals surface area contributed by atoms with Crippen molar-refractivity contribution < 1.29 is 0 Å². The molecular formula is C18H20BkN-. The second-order valence-corrected chi connectivity index (χ2v) is 4.41. The van der Waals surface area contributed by atoms with Crippen molar-refractivity contribution >= 4 is 10.9 Å². The van der Waals surface area contributed by atoms with Gasteiger partial charge in [-0.25, -0.2) is 0 Å².